The minimum Gasteiger partial charge on any atom is -0.464 e. The van der Waals surface area contributed by atoms with Crippen LogP contribution >= 0.6 is 0 Å². The molecule has 0 heterocycles. The van der Waals surface area contributed by atoms with E-state index in [1.54, 1.807) is 27.7 Å². The Morgan fingerprint density at radius 1 is 1.07 bits per heavy atom. The first kappa shape index (κ1) is 23.3. The monoisotopic (exact) mass is 393 g/mol. The summed E-state index contributed by atoms with van der Waals surface area (Å²) < 4.78 is 10.1. The van der Waals surface area contributed by atoms with E-state index in [0.717, 1.165) is 16.7 Å². The summed E-state index contributed by atoms with van der Waals surface area (Å²) in [6.07, 6.45) is -0.766. The number of hydrogen-bond acceptors (Lipinski definition) is 5. The Labute approximate surface area is 166 Å². The molecule has 0 saturated heterocycles. The highest BCUT2D eigenvalue weighted by atomic mass is 16.6. The molecule has 8 heteroatoms. The lowest BCUT2D eigenvalue weighted by molar-refractivity contribution is -0.145. The molecule has 0 saturated carbocycles. The molecule has 1 rings (SSSR count). The first-order valence-electron chi connectivity index (χ1n) is 9.21. The van der Waals surface area contributed by atoms with Gasteiger partial charge in [0.2, 0.25) is 0 Å². The molecule has 156 valence electrons. The smallest absolute Gasteiger partial charge is 0.408 e. The SMILES string of the molecule is CCOC(=O)C(CNC(=O)Nc1c(C)cc(C)cc1C)NC(=O)OC(C)(C)C. The molecule has 0 bridgehead atoms. The van der Waals surface area contributed by atoms with Gasteiger partial charge in [0.05, 0.1) is 13.2 Å². The molecule has 0 aromatic heterocycles. The predicted molar refractivity (Wildman–Crippen MR) is 107 cm³/mol. The van der Waals surface area contributed by atoms with E-state index in [4.69, 9.17) is 9.47 Å². The van der Waals surface area contributed by atoms with Gasteiger partial charge in [-0.05, 0) is 59.6 Å². The average Bonchev–Trinajstić information content (AvgIpc) is 2.53. The van der Waals surface area contributed by atoms with Crippen molar-refractivity contribution < 1.29 is 23.9 Å². The molecule has 0 fully saturated rings. The molecule has 3 amide bonds. The molecule has 3 N–H and O–H groups in total. The largest absolute Gasteiger partial charge is 0.464 e. The highest BCUT2D eigenvalue weighted by molar-refractivity contribution is 5.91. The second-order valence-corrected chi connectivity index (χ2v) is 7.56. The summed E-state index contributed by atoms with van der Waals surface area (Å²) in [6.45, 7) is 12.6. The van der Waals surface area contributed by atoms with Gasteiger partial charge in [0.25, 0.3) is 0 Å². The minimum atomic E-state index is -1.07. The van der Waals surface area contributed by atoms with Crippen molar-refractivity contribution in [3.63, 3.8) is 0 Å². The topological polar surface area (TPSA) is 106 Å². The van der Waals surface area contributed by atoms with E-state index in [1.807, 2.05) is 32.9 Å². The molecular formula is C20H31N3O5. The second-order valence-electron chi connectivity index (χ2n) is 7.56. The van der Waals surface area contributed by atoms with Crippen LogP contribution in [0.1, 0.15) is 44.4 Å². The van der Waals surface area contributed by atoms with Crippen LogP contribution in [0.25, 0.3) is 0 Å². The van der Waals surface area contributed by atoms with E-state index in [9.17, 15) is 14.4 Å². The third-order valence-electron chi connectivity index (χ3n) is 3.64. The summed E-state index contributed by atoms with van der Waals surface area (Å²) in [5, 5.41) is 7.79. The standard InChI is InChI=1S/C20H31N3O5/c1-8-27-17(24)15(22-19(26)28-20(5,6)7)11-21-18(25)23-16-13(3)9-12(2)10-14(16)4/h9-10,15H,8,11H2,1-7H3,(H,22,26)(H2,21,23,25). The summed E-state index contributed by atoms with van der Waals surface area (Å²) >= 11 is 0. The maximum absolute atomic E-state index is 12.3. The molecule has 1 unspecified atom stereocenters. The van der Waals surface area contributed by atoms with Gasteiger partial charge in [-0.3, -0.25) is 0 Å². The Kier molecular flexibility index (Phi) is 8.28. The third-order valence-corrected chi connectivity index (χ3v) is 3.64. The number of benzene rings is 1. The van der Waals surface area contributed by atoms with Crippen molar-refractivity contribution in [2.24, 2.45) is 0 Å². The van der Waals surface area contributed by atoms with Crippen LogP contribution in [-0.2, 0) is 14.3 Å². The van der Waals surface area contributed by atoms with Gasteiger partial charge in [-0.25, -0.2) is 14.4 Å². The van der Waals surface area contributed by atoms with E-state index < -0.39 is 29.7 Å². The molecule has 0 aliphatic carbocycles. The van der Waals surface area contributed by atoms with E-state index in [1.165, 1.54) is 0 Å². The zero-order chi connectivity index (χ0) is 21.5. The van der Waals surface area contributed by atoms with Crippen molar-refractivity contribution in [1.82, 2.24) is 10.6 Å². The van der Waals surface area contributed by atoms with E-state index in [-0.39, 0.29) is 13.2 Å². The number of nitrogens with one attached hydrogen (secondary N) is 3. The van der Waals surface area contributed by atoms with Crippen molar-refractivity contribution in [3.8, 4) is 0 Å². The highest BCUT2D eigenvalue weighted by Crippen LogP contribution is 2.21. The molecule has 1 aromatic rings. The molecule has 1 atom stereocenters. The minimum absolute atomic E-state index is 0.145. The Hall–Kier alpha value is -2.77. The first-order chi connectivity index (χ1) is 12.9. The molecule has 0 aliphatic rings. The lowest BCUT2D eigenvalue weighted by atomic mass is 10.1. The van der Waals surface area contributed by atoms with Crippen LogP contribution in [0, 0.1) is 20.8 Å². The first-order valence-corrected chi connectivity index (χ1v) is 9.21. The Balaban J connectivity index is 2.75. The fourth-order valence-electron chi connectivity index (χ4n) is 2.62. The second kappa shape index (κ2) is 9.96. The number of carbonyl (C=O) groups is 3. The van der Waals surface area contributed by atoms with Crippen LogP contribution in [0.4, 0.5) is 15.3 Å². The van der Waals surface area contributed by atoms with Gasteiger partial charge in [-0.1, -0.05) is 17.7 Å². The van der Waals surface area contributed by atoms with Gasteiger partial charge >= 0.3 is 18.1 Å². The molecule has 0 spiro atoms. The van der Waals surface area contributed by atoms with Crippen molar-refractivity contribution >= 4 is 23.8 Å². The summed E-state index contributed by atoms with van der Waals surface area (Å²) in [4.78, 5) is 36.3. The van der Waals surface area contributed by atoms with Crippen molar-refractivity contribution in [3.05, 3.63) is 28.8 Å². The molecule has 0 aliphatic heterocycles. The summed E-state index contributed by atoms with van der Waals surface area (Å²) in [7, 11) is 0. The fourth-order valence-corrected chi connectivity index (χ4v) is 2.62. The van der Waals surface area contributed by atoms with E-state index in [0.29, 0.717) is 5.69 Å². The number of ether oxygens (including phenoxy) is 2. The molecule has 8 nitrogen and oxygen atoms in total. The fraction of sp³-hybridized carbons (Fsp3) is 0.550. The number of amides is 3. The number of aryl methyl sites for hydroxylation is 3. The molecule has 28 heavy (non-hydrogen) atoms. The van der Waals surface area contributed by atoms with Crippen LogP contribution < -0.4 is 16.0 Å². The molecule has 0 radical (unpaired) electrons. The van der Waals surface area contributed by atoms with Gasteiger partial charge < -0.3 is 25.4 Å². The maximum atomic E-state index is 12.3. The third kappa shape index (κ3) is 7.85. The zero-order valence-corrected chi connectivity index (χ0v) is 17.7. The van der Waals surface area contributed by atoms with Gasteiger partial charge in [0, 0.05) is 5.69 Å². The van der Waals surface area contributed by atoms with Crippen LogP contribution in [0.3, 0.4) is 0 Å². The number of hydrogen-bond donors (Lipinski definition) is 3. The zero-order valence-electron chi connectivity index (χ0n) is 17.7. The quantitative estimate of drug-likeness (QED) is 0.644. The molecular weight excluding hydrogens is 362 g/mol. The lowest BCUT2D eigenvalue weighted by Gasteiger charge is -2.23. The van der Waals surface area contributed by atoms with Crippen molar-refractivity contribution in [1.29, 1.82) is 0 Å². The predicted octanol–water partition coefficient (Wildman–Crippen LogP) is 3.19. The van der Waals surface area contributed by atoms with E-state index in [2.05, 4.69) is 16.0 Å². The van der Waals surface area contributed by atoms with Crippen LogP contribution in [-0.4, -0.2) is 42.9 Å². The number of alkyl carbamates (subject to hydrolysis) is 1. The van der Waals surface area contributed by atoms with Gasteiger partial charge in [0.1, 0.15) is 11.6 Å². The molecule has 1 aromatic carbocycles. The van der Waals surface area contributed by atoms with Crippen LogP contribution in [0.2, 0.25) is 0 Å². The van der Waals surface area contributed by atoms with E-state index >= 15 is 0 Å². The number of esters is 1. The number of urea groups is 1. The maximum Gasteiger partial charge on any atom is 0.408 e. The van der Waals surface area contributed by atoms with Crippen LogP contribution in [0.5, 0.6) is 0 Å². The van der Waals surface area contributed by atoms with Crippen LogP contribution in [0.15, 0.2) is 12.1 Å². The van der Waals surface area contributed by atoms with Crippen molar-refractivity contribution in [2.75, 3.05) is 18.5 Å². The van der Waals surface area contributed by atoms with Gasteiger partial charge in [0.15, 0.2) is 0 Å². The Morgan fingerprint density at radius 2 is 1.64 bits per heavy atom. The Morgan fingerprint density at radius 3 is 2.14 bits per heavy atom. The number of rotatable bonds is 6. The number of anilines is 1. The summed E-state index contributed by atoms with van der Waals surface area (Å²) in [5.41, 5.74) is 2.96. The normalized spacial score (nSPS) is 12.0. The van der Waals surface area contributed by atoms with Gasteiger partial charge in [-0.15, -0.1) is 0 Å². The number of carbonyl (C=O) groups excluding carboxylic acids is 3. The highest BCUT2D eigenvalue weighted by Gasteiger charge is 2.26. The lowest BCUT2D eigenvalue weighted by Crippen LogP contribution is -2.51. The summed E-state index contributed by atoms with van der Waals surface area (Å²) in [6, 6.07) is 2.37. The Bertz CT molecular complexity index is 702. The average molecular weight is 393 g/mol. The summed E-state index contributed by atoms with van der Waals surface area (Å²) in [5.74, 6) is -0.656. The van der Waals surface area contributed by atoms with Crippen molar-refractivity contribution in [2.45, 2.75) is 60.1 Å². The van der Waals surface area contributed by atoms with Gasteiger partial charge in [-0.2, -0.15) is 0 Å².